The van der Waals surface area contributed by atoms with Crippen LogP contribution in [0.15, 0.2) is 18.3 Å². The molecule has 0 aliphatic carbocycles. The van der Waals surface area contributed by atoms with Crippen molar-refractivity contribution < 1.29 is 19.4 Å². The first-order valence-corrected chi connectivity index (χ1v) is 5.25. The Hall–Kier alpha value is -1.82. The van der Waals surface area contributed by atoms with Gasteiger partial charge in [-0.15, -0.1) is 0 Å². The van der Waals surface area contributed by atoms with Gasteiger partial charge in [-0.05, 0) is 12.1 Å². The lowest BCUT2D eigenvalue weighted by molar-refractivity contribution is -0.190. The number of H-pyrrole nitrogens is 1. The molecule has 0 radical (unpaired) electrons. The van der Waals surface area contributed by atoms with Gasteiger partial charge in [0.1, 0.15) is 0 Å². The number of rotatable bonds is 4. The smallest absolute Gasteiger partial charge is 0.324 e. The number of carboxylic acids is 1. The van der Waals surface area contributed by atoms with Crippen LogP contribution in [0.3, 0.4) is 0 Å². The van der Waals surface area contributed by atoms with E-state index in [2.05, 4.69) is 4.98 Å². The summed E-state index contributed by atoms with van der Waals surface area (Å²) in [7, 11) is 1.59. The lowest BCUT2D eigenvalue weighted by atomic mass is 9.84. The van der Waals surface area contributed by atoms with E-state index in [9.17, 15) is 9.59 Å². The van der Waals surface area contributed by atoms with E-state index in [-0.39, 0.29) is 13.2 Å². The molecule has 1 amide bonds. The van der Waals surface area contributed by atoms with Crippen LogP contribution in [0.5, 0.6) is 0 Å². The zero-order valence-electron chi connectivity index (χ0n) is 9.47. The van der Waals surface area contributed by atoms with Crippen LogP contribution in [0, 0.1) is 5.41 Å². The normalized spacial score (nSPS) is 17.2. The van der Waals surface area contributed by atoms with E-state index < -0.39 is 17.3 Å². The van der Waals surface area contributed by atoms with Crippen molar-refractivity contribution in [1.29, 1.82) is 0 Å². The number of nitrogens with one attached hydrogen (secondary N) is 1. The van der Waals surface area contributed by atoms with Crippen LogP contribution < -0.4 is 0 Å². The van der Waals surface area contributed by atoms with E-state index in [0.29, 0.717) is 6.54 Å². The molecule has 0 aromatic carbocycles. The second-order valence-electron chi connectivity index (χ2n) is 4.24. The van der Waals surface area contributed by atoms with Crippen LogP contribution in [0.1, 0.15) is 5.69 Å². The van der Waals surface area contributed by atoms with Crippen molar-refractivity contribution in [3.8, 4) is 0 Å². The molecule has 1 aromatic rings. The highest BCUT2D eigenvalue weighted by Crippen LogP contribution is 2.30. The first-order valence-electron chi connectivity index (χ1n) is 5.25. The Morgan fingerprint density at radius 3 is 2.71 bits per heavy atom. The van der Waals surface area contributed by atoms with E-state index in [1.165, 1.54) is 4.90 Å². The summed E-state index contributed by atoms with van der Waals surface area (Å²) < 4.78 is 4.87. The molecule has 1 saturated heterocycles. The third kappa shape index (κ3) is 1.91. The second-order valence-corrected chi connectivity index (χ2v) is 4.24. The van der Waals surface area contributed by atoms with E-state index in [1.807, 2.05) is 12.1 Å². The van der Waals surface area contributed by atoms with Gasteiger partial charge < -0.3 is 19.7 Å². The van der Waals surface area contributed by atoms with Gasteiger partial charge in [0.2, 0.25) is 5.91 Å². The Kier molecular flexibility index (Phi) is 2.89. The molecule has 1 aliphatic heterocycles. The summed E-state index contributed by atoms with van der Waals surface area (Å²) in [5.74, 6) is -1.53. The minimum Gasteiger partial charge on any atom is -0.480 e. The predicted octanol–water partition coefficient (Wildman–Crippen LogP) is 0.0743. The van der Waals surface area contributed by atoms with Crippen molar-refractivity contribution in [3.63, 3.8) is 0 Å². The van der Waals surface area contributed by atoms with E-state index in [4.69, 9.17) is 9.84 Å². The third-order valence-corrected chi connectivity index (χ3v) is 2.93. The number of amides is 1. The van der Waals surface area contributed by atoms with Crippen molar-refractivity contribution in [2.75, 3.05) is 20.3 Å². The number of hydrogen-bond donors (Lipinski definition) is 2. The minimum atomic E-state index is -1.39. The van der Waals surface area contributed by atoms with Gasteiger partial charge in [-0.2, -0.15) is 0 Å². The number of hydrogen-bond acceptors (Lipinski definition) is 3. The molecule has 1 aromatic heterocycles. The summed E-state index contributed by atoms with van der Waals surface area (Å²) in [5, 5.41) is 9.09. The van der Waals surface area contributed by atoms with Crippen LogP contribution in [0.25, 0.3) is 0 Å². The van der Waals surface area contributed by atoms with Gasteiger partial charge in [-0.1, -0.05) is 0 Å². The quantitative estimate of drug-likeness (QED) is 0.727. The molecule has 6 nitrogen and oxygen atoms in total. The molecule has 2 N–H and O–H groups in total. The van der Waals surface area contributed by atoms with Gasteiger partial charge >= 0.3 is 5.97 Å². The average Bonchev–Trinajstić information content (AvgIpc) is 2.67. The summed E-state index contributed by atoms with van der Waals surface area (Å²) in [6.07, 6.45) is 1.76. The lowest BCUT2D eigenvalue weighted by Gasteiger charge is -2.38. The zero-order valence-corrected chi connectivity index (χ0v) is 9.47. The average molecular weight is 238 g/mol. The predicted molar refractivity (Wildman–Crippen MR) is 58.2 cm³/mol. The van der Waals surface area contributed by atoms with E-state index in [0.717, 1.165) is 5.69 Å². The largest absolute Gasteiger partial charge is 0.480 e. The molecule has 1 aliphatic rings. The van der Waals surface area contributed by atoms with Gasteiger partial charge in [-0.25, -0.2) is 0 Å². The van der Waals surface area contributed by atoms with Crippen LogP contribution in [-0.4, -0.2) is 47.1 Å². The second kappa shape index (κ2) is 4.21. The van der Waals surface area contributed by atoms with Crippen LogP contribution in [-0.2, 0) is 20.9 Å². The molecular weight excluding hydrogens is 224 g/mol. The van der Waals surface area contributed by atoms with Crippen molar-refractivity contribution in [3.05, 3.63) is 24.0 Å². The van der Waals surface area contributed by atoms with Crippen molar-refractivity contribution in [1.82, 2.24) is 9.88 Å². The molecule has 2 heterocycles. The maximum Gasteiger partial charge on any atom is 0.324 e. The number of carbonyl (C=O) groups excluding carboxylic acids is 1. The minimum absolute atomic E-state index is 0.0454. The fraction of sp³-hybridized carbons (Fsp3) is 0.455. The molecule has 0 saturated carbocycles. The molecule has 92 valence electrons. The van der Waals surface area contributed by atoms with Crippen LogP contribution in [0.4, 0.5) is 0 Å². The molecule has 2 rings (SSSR count). The lowest BCUT2D eigenvalue weighted by Crippen LogP contribution is -2.59. The number of ether oxygens (including phenoxy) is 1. The Balaban J connectivity index is 2.06. The molecule has 0 spiro atoms. The number of carboxylic acid groups (broad SMARTS) is 1. The molecule has 17 heavy (non-hydrogen) atoms. The van der Waals surface area contributed by atoms with Gasteiger partial charge in [0.05, 0.1) is 19.8 Å². The van der Waals surface area contributed by atoms with E-state index in [1.54, 1.807) is 13.2 Å². The molecule has 0 bridgehead atoms. The number of carbonyl (C=O) groups is 2. The molecular formula is C11H14N2O4. The SMILES string of the molecule is CN(Cc1ccc[nH]1)C(=O)C1(C(=O)O)COC1. The fourth-order valence-corrected chi connectivity index (χ4v) is 1.80. The fourth-order valence-electron chi connectivity index (χ4n) is 1.80. The summed E-state index contributed by atoms with van der Waals surface area (Å²) in [6.45, 7) is 0.271. The number of aromatic amines is 1. The monoisotopic (exact) mass is 238 g/mol. The molecule has 6 heteroatoms. The van der Waals surface area contributed by atoms with Gasteiger partial charge in [0.25, 0.3) is 0 Å². The van der Waals surface area contributed by atoms with Gasteiger partial charge in [0.15, 0.2) is 5.41 Å². The number of aliphatic carboxylic acids is 1. The Morgan fingerprint density at radius 2 is 2.29 bits per heavy atom. The Bertz CT molecular complexity index is 423. The zero-order chi connectivity index (χ0) is 12.5. The summed E-state index contributed by atoms with van der Waals surface area (Å²) in [6, 6.07) is 3.67. The van der Waals surface area contributed by atoms with Gasteiger partial charge in [0, 0.05) is 18.9 Å². The number of aromatic nitrogens is 1. The highest BCUT2D eigenvalue weighted by molar-refractivity contribution is 6.03. The van der Waals surface area contributed by atoms with Crippen molar-refractivity contribution in [2.24, 2.45) is 5.41 Å². The number of nitrogens with zero attached hydrogens (tertiary/aromatic N) is 1. The molecule has 0 atom stereocenters. The van der Waals surface area contributed by atoms with Crippen LogP contribution in [0.2, 0.25) is 0 Å². The highest BCUT2D eigenvalue weighted by atomic mass is 16.5. The van der Waals surface area contributed by atoms with Crippen LogP contribution >= 0.6 is 0 Å². The summed E-state index contributed by atoms with van der Waals surface area (Å²) >= 11 is 0. The maximum atomic E-state index is 12.1. The van der Waals surface area contributed by atoms with Gasteiger partial charge in [-0.3, -0.25) is 9.59 Å². The summed E-state index contributed by atoms with van der Waals surface area (Å²) in [5.41, 5.74) is -0.525. The third-order valence-electron chi connectivity index (χ3n) is 2.93. The first-order chi connectivity index (χ1) is 8.06. The standard InChI is InChI=1S/C11H14N2O4/c1-13(5-8-3-2-4-12-8)9(14)11(10(15)16)6-17-7-11/h2-4,12H,5-7H2,1H3,(H,15,16). The summed E-state index contributed by atoms with van der Waals surface area (Å²) in [4.78, 5) is 27.6. The first kappa shape index (κ1) is 11.7. The van der Waals surface area contributed by atoms with E-state index >= 15 is 0 Å². The maximum absolute atomic E-state index is 12.1. The molecule has 0 unspecified atom stereocenters. The van der Waals surface area contributed by atoms with Crippen molar-refractivity contribution in [2.45, 2.75) is 6.54 Å². The highest BCUT2D eigenvalue weighted by Gasteiger charge is 2.54. The topological polar surface area (TPSA) is 82.6 Å². The Morgan fingerprint density at radius 1 is 1.59 bits per heavy atom. The molecule has 1 fully saturated rings. The van der Waals surface area contributed by atoms with Crippen molar-refractivity contribution >= 4 is 11.9 Å². The Labute approximate surface area is 98.2 Å².